The number of hydrogen-bond donors (Lipinski definition) is 2. The second kappa shape index (κ2) is 5.29. The van der Waals surface area contributed by atoms with E-state index >= 15 is 0 Å². The van der Waals surface area contributed by atoms with Crippen LogP contribution in [-0.2, 0) is 5.41 Å². The van der Waals surface area contributed by atoms with Crippen LogP contribution in [0.1, 0.15) is 37.8 Å². The maximum absolute atomic E-state index is 10.2. The molecule has 5 heteroatoms. The molecule has 1 aromatic heterocycles. The van der Waals surface area contributed by atoms with E-state index in [1.807, 2.05) is 30.3 Å². The van der Waals surface area contributed by atoms with Crippen LogP contribution in [0.2, 0.25) is 5.02 Å². The molecule has 0 saturated carbocycles. The van der Waals surface area contributed by atoms with Crippen molar-refractivity contribution in [2.75, 3.05) is 0 Å². The number of aromatic nitrogens is 3. The predicted octanol–water partition coefficient (Wildman–Crippen LogP) is 4.40. The quantitative estimate of drug-likeness (QED) is 0.753. The Morgan fingerprint density at radius 2 is 1.86 bits per heavy atom. The number of phenolic OH excluding ortho intramolecular Hbond substituents is 1. The van der Waals surface area contributed by atoms with Gasteiger partial charge in [-0.25, -0.2) is 0 Å². The Labute approximate surface area is 134 Å². The van der Waals surface area contributed by atoms with Crippen molar-refractivity contribution in [3.05, 3.63) is 52.5 Å². The predicted molar refractivity (Wildman–Crippen MR) is 88.4 cm³/mol. The van der Waals surface area contributed by atoms with Crippen molar-refractivity contribution < 1.29 is 5.11 Å². The van der Waals surface area contributed by atoms with Crippen molar-refractivity contribution in [1.29, 1.82) is 0 Å². The molecule has 2 N–H and O–H groups in total. The molecule has 0 bridgehead atoms. The van der Waals surface area contributed by atoms with Crippen molar-refractivity contribution in [3.63, 3.8) is 0 Å². The molecule has 0 radical (unpaired) electrons. The Balaban J connectivity index is 2.16. The smallest absolute Gasteiger partial charge is 0.119 e. The number of nitrogens with one attached hydrogen (secondary N) is 1. The van der Waals surface area contributed by atoms with Crippen LogP contribution in [0.4, 0.5) is 0 Å². The molecule has 3 rings (SSSR count). The van der Waals surface area contributed by atoms with E-state index in [0.717, 1.165) is 22.2 Å². The zero-order valence-corrected chi connectivity index (χ0v) is 13.5. The van der Waals surface area contributed by atoms with Gasteiger partial charge in [0.25, 0.3) is 0 Å². The molecule has 0 saturated heterocycles. The number of benzene rings is 2. The average Bonchev–Trinajstić information content (AvgIpc) is 2.95. The van der Waals surface area contributed by atoms with Crippen LogP contribution in [0.5, 0.6) is 5.75 Å². The summed E-state index contributed by atoms with van der Waals surface area (Å²) in [4.78, 5) is 0. The Kier molecular flexibility index (Phi) is 3.57. The molecule has 1 unspecified atom stereocenters. The third-order valence-electron chi connectivity index (χ3n) is 4.59. The van der Waals surface area contributed by atoms with Crippen LogP contribution >= 0.6 is 11.6 Å². The van der Waals surface area contributed by atoms with Crippen molar-refractivity contribution in [2.45, 2.75) is 32.1 Å². The third kappa shape index (κ3) is 2.24. The Morgan fingerprint density at radius 1 is 1.14 bits per heavy atom. The van der Waals surface area contributed by atoms with Crippen LogP contribution < -0.4 is 0 Å². The van der Waals surface area contributed by atoms with Gasteiger partial charge in [0.1, 0.15) is 16.8 Å². The number of aromatic hydroxyl groups is 1. The highest BCUT2D eigenvalue weighted by Crippen LogP contribution is 2.45. The van der Waals surface area contributed by atoms with Gasteiger partial charge >= 0.3 is 0 Å². The van der Waals surface area contributed by atoms with E-state index in [1.54, 1.807) is 6.07 Å². The van der Waals surface area contributed by atoms with Crippen LogP contribution in [0, 0.1) is 0 Å². The Morgan fingerprint density at radius 3 is 2.59 bits per heavy atom. The number of nitrogens with zero attached hydrogens (tertiary/aromatic N) is 2. The number of aromatic amines is 1. The molecule has 0 aliphatic heterocycles. The summed E-state index contributed by atoms with van der Waals surface area (Å²) in [5, 5.41) is 21.9. The number of fused-ring (bicyclic) bond motifs is 1. The van der Waals surface area contributed by atoms with Gasteiger partial charge in [-0.1, -0.05) is 50.6 Å². The largest absolute Gasteiger partial charge is 0.508 e. The molecule has 3 aromatic rings. The first-order chi connectivity index (χ1) is 10.4. The molecule has 0 aliphatic carbocycles. The molecule has 22 heavy (non-hydrogen) atoms. The van der Waals surface area contributed by atoms with Gasteiger partial charge in [-0.05, 0) is 24.1 Å². The lowest BCUT2D eigenvalue weighted by molar-refractivity contribution is 0.398. The SMILES string of the molecule is CC(c1c(Cl)ccc2n[nH]nc12)C(C)(C)c1ccccc1O. The van der Waals surface area contributed by atoms with E-state index in [9.17, 15) is 5.11 Å². The van der Waals surface area contributed by atoms with Crippen LogP contribution in [0.15, 0.2) is 36.4 Å². The van der Waals surface area contributed by atoms with E-state index in [-0.39, 0.29) is 11.3 Å². The minimum atomic E-state index is -0.317. The lowest BCUT2D eigenvalue weighted by Crippen LogP contribution is -2.25. The van der Waals surface area contributed by atoms with E-state index in [2.05, 4.69) is 36.2 Å². The zero-order valence-electron chi connectivity index (χ0n) is 12.8. The fourth-order valence-corrected chi connectivity index (χ4v) is 3.25. The standard InChI is InChI=1S/C17H18ClN3O/c1-10(17(2,3)11-6-4-5-7-14(11)22)15-12(18)8-9-13-16(15)20-21-19-13/h4-10,22H,1-3H3,(H,19,20,21). The summed E-state index contributed by atoms with van der Waals surface area (Å²) in [6, 6.07) is 11.1. The second-order valence-corrected chi connectivity index (χ2v) is 6.52. The van der Waals surface area contributed by atoms with Crippen molar-refractivity contribution in [2.24, 2.45) is 0 Å². The van der Waals surface area contributed by atoms with Crippen molar-refractivity contribution >= 4 is 22.6 Å². The van der Waals surface area contributed by atoms with E-state index in [1.165, 1.54) is 0 Å². The molecular weight excluding hydrogens is 298 g/mol. The first-order valence-corrected chi connectivity index (χ1v) is 7.58. The summed E-state index contributed by atoms with van der Waals surface area (Å²) < 4.78 is 0. The third-order valence-corrected chi connectivity index (χ3v) is 4.92. The van der Waals surface area contributed by atoms with E-state index in [0.29, 0.717) is 10.8 Å². The summed E-state index contributed by atoms with van der Waals surface area (Å²) in [5.74, 6) is 0.338. The highest BCUT2D eigenvalue weighted by atomic mass is 35.5. The van der Waals surface area contributed by atoms with Gasteiger partial charge in [0.2, 0.25) is 0 Å². The zero-order chi connectivity index (χ0) is 15.9. The summed E-state index contributed by atoms with van der Waals surface area (Å²) >= 11 is 6.44. The van der Waals surface area contributed by atoms with Crippen LogP contribution in [0.3, 0.4) is 0 Å². The summed E-state index contributed by atoms with van der Waals surface area (Å²) in [6.07, 6.45) is 0. The topological polar surface area (TPSA) is 61.8 Å². The van der Waals surface area contributed by atoms with Crippen molar-refractivity contribution in [3.8, 4) is 5.75 Å². The van der Waals surface area contributed by atoms with E-state index in [4.69, 9.17) is 11.6 Å². The fourth-order valence-electron chi connectivity index (χ4n) is 2.93. The summed E-state index contributed by atoms with van der Waals surface area (Å²) in [5.41, 5.74) is 3.09. The first-order valence-electron chi connectivity index (χ1n) is 7.20. The summed E-state index contributed by atoms with van der Waals surface area (Å²) in [7, 11) is 0. The van der Waals surface area contributed by atoms with Gasteiger partial charge in [-0.3, -0.25) is 0 Å². The fraction of sp³-hybridized carbons (Fsp3) is 0.294. The molecule has 0 aliphatic rings. The molecule has 4 nitrogen and oxygen atoms in total. The second-order valence-electron chi connectivity index (χ2n) is 6.11. The number of halogens is 1. The van der Waals surface area contributed by atoms with Gasteiger partial charge in [0, 0.05) is 21.6 Å². The minimum absolute atomic E-state index is 0.0436. The number of hydrogen-bond acceptors (Lipinski definition) is 3. The van der Waals surface area contributed by atoms with Gasteiger partial charge in [-0.2, -0.15) is 15.4 Å². The number of para-hydroxylation sites is 1. The van der Waals surface area contributed by atoms with Gasteiger partial charge < -0.3 is 5.11 Å². The Bertz CT molecular complexity index is 826. The number of phenols is 1. The maximum Gasteiger partial charge on any atom is 0.119 e. The molecular formula is C17H18ClN3O. The molecule has 1 heterocycles. The van der Waals surface area contributed by atoms with Gasteiger partial charge in [0.05, 0.1) is 0 Å². The summed E-state index contributed by atoms with van der Waals surface area (Å²) in [6.45, 7) is 6.30. The normalized spacial score (nSPS) is 13.5. The van der Waals surface area contributed by atoms with Crippen molar-refractivity contribution in [1.82, 2.24) is 15.4 Å². The monoisotopic (exact) mass is 315 g/mol. The molecule has 1 atom stereocenters. The Hall–Kier alpha value is -2.07. The average molecular weight is 316 g/mol. The molecule has 0 fully saturated rings. The lowest BCUT2D eigenvalue weighted by atomic mass is 9.70. The minimum Gasteiger partial charge on any atom is -0.508 e. The molecule has 0 spiro atoms. The number of H-pyrrole nitrogens is 1. The van der Waals surface area contributed by atoms with Gasteiger partial charge in [-0.15, -0.1) is 0 Å². The molecule has 114 valence electrons. The molecule has 0 amide bonds. The van der Waals surface area contributed by atoms with Crippen LogP contribution in [0.25, 0.3) is 11.0 Å². The van der Waals surface area contributed by atoms with Gasteiger partial charge in [0.15, 0.2) is 0 Å². The highest BCUT2D eigenvalue weighted by Gasteiger charge is 2.34. The molecule has 2 aromatic carbocycles. The number of rotatable bonds is 3. The van der Waals surface area contributed by atoms with Crippen LogP contribution in [-0.4, -0.2) is 20.5 Å². The maximum atomic E-state index is 10.2. The highest BCUT2D eigenvalue weighted by molar-refractivity contribution is 6.32. The first kappa shape index (κ1) is 14.9. The van der Waals surface area contributed by atoms with E-state index < -0.39 is 0 Å². The lowest BCUT2D eigenvalue weighted by Gasteiger charge is -2.33.